The molecule has 0 spiro atoms. The smallest absolute Gasteiger partial charge is 0.310 e. The fraction of sp³-hybridized carbons (Fsp3) is 0.600. The molecule has 0 amide bonds. The van der Waals surface area contributed by atoms with Gasteiger partial charge >= 0.3 is 6.08 Å². The quantitative estimate of drug-likeness (QED) is 0.746. The number of rotatable bonds is 3. The van der Waals surface area contributed by atoms with Gasteiger partial charge in [-0.2, -0.15) is 9.37 Å². The van der Waals surface area contributed by atoms with Crippen molar-refractivity contribution < 1.29 is 4.39 Å². The van der Waals surface area contributed by atoms with E-state index in [1.54, 1.807) is 6.07 Å². The molecule has 1 aromatic heterocycles. The monoisotopic (exact) mass is 193 g/mol. The van der Waals surface area contributed by atoms with E-state index in [9.17, 15) is 4.39 Å². The van der Waals surface area contributed by atoms with E-state index in [0.717, 1.165) is 5.92 Å². The van der Waals surface area contributed by atoms with Crippen LogP contribution in [0.25, 0.3) is 0 Å². The summed E-state index contributed by atoms with van der Waals surface area (Å²) in [5.74, 6) is 1.42. The van der Waals surface area contributed by atoms with E-state index in [-0.39, 0.29) is 5.54 Å². The Kier molecular flexibility index (Phi) is 1.54. The van der Waals surface area contributed by atoms with E-state index in [1.807, 2.05) is 0 Å². The minimum Gasteiger partial charge on any atom is -0.364 e. The molecule has 0 radical (unpaired) electrons. The number of nitrogens with zero attached hydrogens (tertiary/aromatic N) is 2. The maximum Gasteiger partial charge on any atom is 0.310 e. The topological polar surface area (TPSA) is 37.8 Å². The number of nitrogens with one attached hydrogen (secondary N) is 1. The predicted octanol–water partition coefficient (Wildman–Crippen LogP) is 1.97. The highest BCUT2D eigenvalue weighted by Gasteiger charge is 2.54. The molecule has 0 atom stereocenters. The second kappa shape index (κ2) is 2.65. The highest BCUT2D eigenvalue weighted by molar-refractivity contribution is 5.40. The summed E-state index contributed by atoms with van der Waals surface area (Å²) in [5, 5.41) is 3.34. The Bertz CT molecular complexity index is 358. The first-order chi connectivity index (χ1) is 6.78. The highest BCUT2D eigenvalue weighted by Crippen LogP contribution is 2.55. The van der Waals surface area contributed by atoms with Crippen LogP contribution in [0.4, 0.5) is 10.2 Å². The van der Waals surface area contributed by atoms with Crippen LogP contribution in [0.3, 0.4) is 0 Å². The van der Waals surface area contributed by atoms with E-state index in [4.69, 9.17) is 0 Å². The van der Waals surface area contributed by atoms with E-state index >= 15 is 0 Å². The van der Waals surface area contributed by atoms with Crippen molar-refractivity contribution in [2.24, 2.45) is 5.92 Å². The molecule has 2 fully saturated rings. The van der Waals surface area contributed by atoms with Crippen molar-refractivity contribution in [3.8, 4) is 0 Å². The number of anilines is 1. The molecular weight excluding hydrogens is 181 g/mol. The van der Waals surface area contributed by atoms with Crippen molar-refractivity contribution in [3.05, 3.63) is 18.3 Å². The largest absolute Gasteiger partial charge is 0.364 e. The molecule has 0 aromatic carbocycles. The number of hydrogen-bond donors (Lipinski definition) is 1. The first-order valence-corrected chi connectivity index (χ1v) is 5.05. The zero-order chi connectivity index (χ0) is 9.60. The Morgan fingerprint density at radius 3 is 2.79 bits per heavy atom. The molecule has 1 heterocycles. The van der Waals surface area contributed by atoms with Gasteiger partial charge in [-0.25, -0.2) is 4.98 Å². The minimum absolute atomic E-state index is 0.251. The molecule has 3 rings (SSSR count). The summed E-state index contributed by atoms with van der Waals surface area (Å²) in [5.41, 5.74) is 0.251. The SMILES string of the molecule is Fc1nccc(NC2(C3CC3)CC2)n1. The maximum atomic E-state index is 12.7. The predicted molar refractivity (Wildman–Crippen MR) is 50.3 cm³/mol. The van der Waals surface area contributed by atoms with Gasteiger partial charge in [-0.1, -0.05) is 0 Å². The molecule has 2 aliphatic rings. The molecule has 0 aliphatic heterocycles. The fourth-order valence-corrected chi connectivity index (χ4v) is 2.07. The van der Waals surface area contributed by atoms with Gasteiger partial charge in [-0.05, 0) is 37.7 Å². The maximum absolute atomic E-state index is 12.7. The van der Waals surface area contributed by atoms with Crippen LogP contribution < -0.4 is 5.32 Å². The molecule has 2 saturated carbocycles. The molecule has 1 aromatic rings. The first kappa shape index (κ1) is 8.15. The standard InChI is InChI=1S/C10H12FN3/c11-9-12-6-3-8(13-9)14-10(4-5-10)7-1-2-7/h3,6-7H,1-2,4-5H2,(H,12,13,14). The van der Waals surface area contributed by atoms with Crippen LogP contribution in [-0.2, 0) is 0 Å². The summed E-state index contributed by atoms with van der Waals surface area (Å²) in [6.45, 7) is 0. The van der Waals surface area contributed by atoms with E-state index in [0.29, 0.717) is 5.82 Å². The second-order valence-electron chi connectivity index (χ2n) is 4.27. The highest BCUT2D eigenvalue weighted by atomic mass is 19.1. The Morgan fingerprint density at radius 1 is 1.43 bits per heavy atom. The third-order valence-corrected chi connectivity index (χ3v) is 3.15. The van der Waals surface area contributed by atoms with Crippen LogP contribution in [0, 0.1) is 12.0 Å². The third kappa shape index (κ3) is 1.35. The summed E-state index contributed by atoms with van der Waals surface area (Å²) < 4.78 is 12.7. The molecular formula is C10H12FN3. The van der Waals surface area contributed by atoms with Gasteiger partial charge in [-0.3, -0.25) is 0 Å². The van der Waals surface area contributed by atoms with Gasteiger partial charge in [0.25, 0.3) is 0 Å². The Balaban J connectivity index is 1.77. The molecule has 74 valence electrons. The molecule has 0 unspecified atom stereocenters. The lowest BCUT2D eigenvalue weighted by molar-refractivity contribution is 0.536. The average molecular weight is 193 g/mol. The Hall–Kier alpha value is -1.19. The van der Waals surface area contributed by atoms with Crippen LogP contribution in [0.2, 0.25) is 0 Å². The van der Waals surface area contributed by atoms with Gasteiger partial charge < -0.3 is 5.32 Å². The lowest BCUT2D eigenvalue weighted by atomic mass is 10.1. The van der Waals surface area contributed by atoms with Crippen molar-refractivity contribution in [3.63, 3.8) is 0 Å². The normalized spacial score (nSPS) is 23.2. The fourth-order valence-electron chi connectivity index (χ4n) is 2.07. The first-order valence-electron chi connectivity index (χ1n) is 5.05. The van der Waals surface area contributed by atoms with Gasteiger partial charge in [0.2, 0.25) is 0 Å². The van der Waals surface area contributed by atoms with Gasteiger partial charge in [0.15, 0.2) is 0 Å². The van der Waals surface area contributed by atoms with Crippen molar-refractivity contribution >= 4 is 5.82 Å². The number of halogens is 1. The number of hydrogen-bond acceptors (Lipinski definition) is 3. The molecule has 2 aliphatic carbocycles. The van der Waals surface area contributed by atoms with Crippen LogP contribution in [0.5, 0.6) is 0 Å². The van der Waals surface area contributed by atoms with Crippen LogP contribution in [0.15, 0.2) is 12.3 Å². The Morgan fingerprint density at radius 2 is 2.21 bits per heavy atom. The van der Waals surface area contributed by atoms with Gasteiger partial charge in [-0.15, -0.1) is 0 Å². The molecule has 0 saturated heterocycles. The van der Waals surface area contributed by atoms with Gasteiger partial charge in [0.05, 0.1) is 0 Å². The minimum atomic E-state index is -0.651. The summed E-state index contributed by atoms with van der Waals surface area (Å²) in [4.78, 5) is 7.15. The van der Waals surface area contributed by atoms with Crippen molar-refractivity contribution in [2.75, 3.05) is 5.32 Å². The Labute approximate surface area is 81.8 Å². The lowest BCUT2D eigenvalue weighted by Gasteiger charge is -2.16. The van der Waals surface area contributed by atoms with Crippen molar-refractivity contribution in [1.29, 1.82) is 0 Å². The number of aromatic nitrogens is 2. The van der Waals surface area contributed by atoms with E-state index < -0.39 is 6.08 Å². The average Bonchev–Trinajstić information content (AvgIpc) is 2.99. The van der Waals surface area contributed by atoms with E-state index in [2.05, 4.69) is 15.3 Å². The van der Waals surface area contributed by atoms with E-state index in [1.165, 1.54) is 31.9 Å². The zero-order valence-electron chi connectivity index (χ0n) is 7.83. The second-order valence-corrected chi connectivity index (χ2v) is 4.27. The van der Waals surface area contributed by atoms with Crippen molar-refractivity contribution in [2.45, 2.75) is 31.2 Å². The van der Waals surface area contributed by atoms with Crippen LogP contribution >= 0.6 is 0 Å². The summed E-state index contributed by atoms with van der Waals surface area (Å²) in [7, 11) is 0. The summed E-state index contributed by atoms with van der Waals surface area (Å²) in [6, 6.07) is 1.73. The molecule has 14 heavy (non-hydrogen) atoms. The summed E-state index contributed by atoms with van der Waals surface area (Å²) >= 11 is 0. The summed E-state index contributed by atoms with van der Waals surface area (Å²) in [6.07, 6.45) is 5.81. The van der Waals surface area contributed by atoms with Gasteiger partial charge in [0.1, 0.15) is 5.82 Å². The van der Waals surface area contributed by atoms with Crippen molar-refractivity contribution in [1.82, 2.24) is 9.97 Å². The zero-order valence-corrected chi connectivity index (χ0v) is 7.83. The third-order valence-electron chi connectivity index (χ3n) is 3.15. The molecule has 3 nitrogen and oxygen atoms in total. The molecule has 0 bridgehead atoms. The molecule has 4 heteroatoms. The molecule has 1 N–H and O–H groups in total. The lowest BCUT2D eigenvalue weighted by Crippen LogP contribution is -2.24. The van der Waals surface area contributed by atoms with Gasteiger partial charge in [0, 0.05) is 11.7 Å². The van der Waals surface area contributed by atoms with Crippen LogP contribution in [-0.4, -0.2) is 15.5 Å². The van der Waals surface area contributed by atoms with Crippen LogP contribution in [0.1, 0.15) is 25.7 Å².